The Hall–Kier alpha value is -1.23. The molecule has 0 unspecified atom stereocenters. The number of furan rings is 1. The summed E-state index contributed by atoms with van der Waals surface area (Å²) in [5.41, 5.74) is 0.680. The molecule has 6 heteroatoms. The molecule has 2 heterocycles. The number of carbonyl (C=O) groups excluding carboxylic acids is 1. The monoisotopic (exact) mass is 314 g/mol. The molecule has 108 valence electrons. The quantitative estimate of drug-likeness (QED) is 0.896. The van der Waals surface area contributed by atoms with E-state index in [-0.39, 0.29) is 24.4 Å². The lowest BCUT2D eigenvalue weighted by atomic mass is 10.1. The number of nitrogens with one attached hydrogen (secondary N) is 2. The van der Waals surface area contributed by atoms with Crippen LogP contribution in [0.5, 0.6) is 0 Å². The van der Waals surface area contributed by atoms with Crippen LogP contribution in [-0.4, -0.2) is 25.0 Å². The molecule has 1 fully saturated rings. The number of hydrogen-bond acceptors (Lipinski definition) is 3. The molecule has 4 nitrogen and oxygen atoms in total. The molecule has 1 amide bonds. The van der Waals surface area contributed by atoms with E-state index in [0.29, 0.717) is 16.4 Å². The number of rotatable bonds is 2. The minimum Gasteiger partial charge on any atom is -0.451 e. The van der Waals surface area contributed by atoms with Crippen molar-refractivity contribution in [1.29, 1.82) is 0 Å². The van der Waals surface area contributed by atoms with Crippen LogP contribution < -0.4 is 10.6 Å². The third-order valence-electron chi connectivity index (χ3n) is 3.38. The number of hydrogen-bond donors (Lipinski definition) is 2. The molecule has 2 aromatic rings. The van der Waals surface area contributed by atoms with Crippen LogP contribution in [0.1, 0.15) is 23.4 Å². The largest absolute Gasteiger partial charge is 0.451 e. The number of fused-ring (bicyclic) bond motifs is 1. The Morgan fingerprint density at radius 3 is 2.80 bits per heavy atom. The second kappa shape index (κ2) is 6.48. The van der Waals surface area contributed by atoms with Crippen LogP contribution in [0.2, 0.25) is 5.02 Å². The number of piperidine rings is 1. The van der Waals surface area contributed by atoms with Gasteiger partial charge in [0.2, 0.25) is 0 Å². The van der Waals surface area contributed by atoms with Crippen LogP contribution in [0, 0.1) is 0 Å². The van der Waals surface area contributed by atoms with Crippen molar-refractivity contribution in [2.45, 2.75) is 18.9 Å². The number of carbonyl (C=O) groups is 1. The van der Waals surface area contributed by atoms with Gasteiger partial charge in [0, 0.05) is 16.5 Å². The molecule has 1 aromatic carbocycles. The highest BCUT2D eigenvalue weighted by molar-refractivity contribution is 6.31. The summed E-state index contributed by atoms with van der Waals surface area (Å²) in [5, 5.41) is 7.76. The molecule has 0 radical (unpaired) electrons. The van der Waals surface area contributed by atoms with Gasteiger partial charge in [-0.05, 0) is 50.2 Å². The molecule has 1 aromatic heterocycles. The lowest BCUT2D eigenvalue weighted by Crippen LogP contribution is -2.42. The fraction of sp³-hybridized carbons (Fsp3) is 0.357. The SMILES string of the molecule is Cl.O=C(NC1CCNCC1)c1cc2cc(Cl)ccc2o1. The molecule has 0 bridgehead atoms. The van der Waals surface area contributed by atoms with Crippen LogP contribution in [0.25, 0.3) is 11.0 Å². The summed E-state index contributed by atoms with van der Waals surface area (Å²) in [4.78, 5) is 12.1. The van der Waals surface area contributed by atoms with Gasteiger partial charge in [-0.1, -0.05) is 11.6 Å². The highest BCUT2D eigenvalue weighted by Gasteiger charge is 2.18. The van der Waals surface area contributed by atoms with Gasteiger partial charge in [-0.25, -0.2) is 0 Å². The summed E-state index contributed by atoms with van der Waals surface area (Å²) in [6, 6.07) is 7.28. The average molecular weight is 315 g/mol. The molecule has 0 atom stereocenters. The molecule has 1 saturated heterocycles. The molecule has 1 aliphatic rings. The minimum atomic E-state index is -0.153. The third-order valence-corrected chi connectivity index (χ3v) is 3.61. The van der Waals surface area contributed by atoms with E-state index in [0.717, 1.165) is 31.3 Å². The van der Waals surface area contributed by atoms with Gasteiger partial charge in [0.25, 0.3) is 5.91 Å². The van der Waals surface area contributed by atoms with Crippen molar-refractivity contribution in [3.8, 4) is 0 Å². The molecular formula is C14H16Cl2N2O2. The third kappa shape index (κ3) is 3.26. The maximum atomic E-state index is 12.1. The smallest absolute Gasteiger partial charge is 0.287 e. The lowest BCUT2D eigenvalue weighted by Gasteiger charge is -2.23. The van der Waals surface area contributed by atoms with Crippen molar-refractivity contribution in [2.24, 2.45) is 0 Å². The van der Waals surface area contributed by atoms with E-state index in [1.165, 1.54) is 0 Å². The van der Waals surface area contributed by atoms with Crippen LogP contribution >= 0.6 is 24.0 Å². The predicted octanol–water partition coefficient (Wildman–Crippen LogP) is 2.99. The van der Waals surface area contributed by atoms with Gasteiger partial charge in [-0.3, -0.25) is 4.79 Å². The fourth-order valence-electron chi connectivity index (χ4n) is 2.35. The van der Waals surface area contributed by atoms with Gasteiger partial charge >= 0.3 is 0 Å². The molecular weight excluding hydrogens is 299 g/mol. The average Bonchev–Trinajstić information content (AvgIpc) is 2.83. The highest BCUT2D eigenvalue weighted by atomic mass is 35.5. The van der Waals surface area contributed by atoms with Gasteiger partial charge in [-0.2, -0.15) is 0 Å². The Morgan fingerprint density at radius 1 is 1.30 bits per heavy atom. The summed E-state index contributed by atoms with van der Waals surface area (Å²) >= 11 is 5.91. The number of amides is 1. The zero-order valence-electron chi connectivity index (χ0n) is 10.8. The van der Waals surface area contributed by atoms with Gasteiger partial charge < -0.3 is 15.1 Å². The van der Waals surface area contributed by atoms with E-state index in [2.05, 4.69) is 10.6 Å². The van der Waals surface area contributed by atoms with Crippen molar-refractivity contribution in [1.82, 2.24) is 10.6 Å². The summed E-state index contributed by atoms with van der Waals surface area (Å²) in [5.74, 6) is 0.190. The molecule has 3 rings (SSSR count). The van der Waals surface area contributed by atoms with E-state index in [1.807, 2.05) is 0 Å². The Bertz CT molecular complexity index is 606. The maximum Gasteiger partial charge on any atom is 0.287 e. The van der Waals surface area contributed by atoms with E-state index < -0.39 is 0 Å². The topological polar surface area (TPSA) is 54.3 Å². The van der Waals surface area contributed by atoms with E-state index in [4.69, 9.17) is 16.0 Å². The van der Waals surface area contributed by atoms with Crippen LogP contribution in [0.4, 0.5) is 0 Å². The van der Waals surface area contributed by atoms with Crippen molar-refractivity contribution in [2.75, 3.05) is 13.1 Å². The Kier molecular flexibility index (Phi) is 4.91. The van der Waals surface area contributed by atoms with Crippen molar-refractivity contribution in [3.63, 3.8) is 0 Å². The van der Waals surface area contributed by atoms with E-state index in [9.17, 15) is 4.79 Å². The number of benzene rings is 1. The minimum absolute atomic E-state index is 0. The maximum absolute atomic E-state index is 12.1. The van der Waals surface area contributed by atoms with Crippen molar-refractivity contribution < 1.29 is 9.21 Å². The first-order chi connectivity index (χ1) is 9.22. The van der Waals surface area contributed by atoms with Gasteiger partial charge in [0.05, 0.1) is 0 Å². The fourth-order valence-corrected chi connectivity index (χ4v) is 2.53. The second-order valence-corrected chi connectivity index (χ2v) is 5.23. The van der Waals surface area contributed by atoms with Gasteiger partial charge in [0.1, 0.15) is 5.58 Å². The zero-order valence-corrected chi connectivity index (χ0v) is 12.4. The standard InChI is InChI=1S/C14H15ClN2O2.ClH/c15-10-1-2-12-9(7-10)8-13(19-12)14(18)17-11-3-5-16-6-4-11;/h1-2,7-8,11,16H,3-6H2,(H,17,18);1H. The van der Waals surface area contributed by atoms with E-state index >= 15 is 0 Å². The first-order valence-corrected chi connectivity index (χ1v) is 6.81. The van der Waals surface area contributed by atoms with Crippen molar-refractivity contribution in [3.05, 3.63) is 35.0 Å². The summed E-state index contributed by atoms with van der Waals surface area (Å²) in [7, 11) is 0. The van der Waals surface area contributed by atoms with Gasteiger partial charge in [0.15, 0.2) is 5.76 Å². The first-order valence-electron chi connectivity index (χ1n) is 6.43. The highest BCUT2D eigenvalue weighted by Crippen LogP contribution is 2.23. The lowest BCUT2D eigenvalue weighted by molar-refractivity contribution is 0.0903. The normalized spacial score (nSPS) is 15.8. The van der Waals surface area contributed by atoms with Gasteiger partial charge in [-0.15, -0.1) is 12.4 Å². The Balaban J connectivity index is 0.00000147. The predicted molar refractivity (Wildman–Crippen MR) is 81.8 cm³/mol. The van der Waals surface area contributed by atoms with E-state index in [1.54, 1.807) is 24.3 Å². The Morgan fingerprint density at radius 2 is 2.05 bits per heavy atom. The molecule has 2 N–H and O–H groups in total. The molecule has 1 aliphatic heterocycles. The van der Waals surface area contributed by atoms with Crippen LogP contribution in [-0.2, 0) is 0 Å². The van der Waals surface area contributed by atoms with Crippen molar-refractivity contribution >= 4 is 40.9 Å². The second-order valence-electron chi connectivity index (χ2n) is 4.79. The summed E-state index contributed by atoms with van der Waals surface area (Å²) < 4.78 is 5.54. The van der Waals surface area contributed by atoms with Crippen LogP contribution in [0.3, 0.4) is 0 Å². The number of halogens is 2. The first kappa shape index (κ1) is 15.2. The molecule has 20 heavy (non-hydrogen) atoms. The Labute approximate surface area is 128 Å². The molecule has 0 saturated carbocycles. The molecule has 0 aliphatic carbocycles. The molecule has 0 spiro atoms. The van der Waals surface area contributed by atoms with Crippen LogP contribution in [0.15, 0.2) is 28.7 Å². The summed E-state index contributed by atoms with van der Waals surface area (Å²) in [6.07, 6.45) is 1.91. The summed E-state index contributed by atoms with van der Waals surface area (Å²) in [6.45, 7) is 1.89. The zero-order chi connectivity index (χ0) is 13.2.